The zero-order chi connectivity index (χ0) is 16.4. The number of thioether (sulfide) groups is 1. The lowest BCUT2D eigenvalue weighted by molar-refractivity contribution is -0.143. The standard InChI is InChI=1S/C16H23NO4S/c1-3-17(14(15(18)19)10-7-11-22-2)16(20)21-12-13-8-5-4-6-9-13/h4-6,8-9,14H,3,7,10-12H2,1-2H3,(H,18,19). The lowest BCUT2D eigenvalue weighted by Crippen LogP contribution is -2.45. The lowest BCUT2D eigenvalue weighted by Gasteiger charge is -2.27. The van der Waals surface area contributed by atoms with E-state index in [9.17, 15) is 14.7 Å². The van der Waals surface area contributed by atoms with E-state index >= 15 is 0 Å². The van der Waals surface area contributed by atoms with E-state index in [1.807, 2.05) is 36.6 Å². The number of amides is 1. The Labute approximate surface area is 135 Å². The number of hydrogen-bond acceptors (Lipinski definition) is 4. The molecule has 0 heterocycles. The number of carbonyl (C=O) groups excluding carboxylic acids is 1. The van der Waals surface area contributed by atoms with E-state index in [0.29, 0.717) is 13.0 Å². The van der Waals surface area contributed by atoms with Crippen LogP contribution in [0, 0.1) is 0 Å². The van der Waals surface area contributed by atoms with Gasteiger partial charge in [-0.2, -0.15) is 11.8 Å². The molecule has 1 aromatic rings. The molecule has 1 atom stereocenters. The summed E-state index contributed by atoms with van der Waals surface area (Å²) in [6.45, 7) is 2.21. The van der Waals surface area contributed by atoms with Gasteiger partial charge in [0, 0.05) is 6.54 Å². The second-order valence-corrected chi connectivity index (χ2v) is 5.80. The molecule has 0 spiro atoms. The van der Waals surface area contributed by atoms with Gasteiger partial charge >= 0.3 is 12.1 Å². The molecule has 1 unspecified atom stereocenters. The number of hydrogen-bond donors (Lipinski definition) is 1. The van der Waals surface area contributed by atoms with Gasteiger partial charge in [-0.15, -0.1) is 0 Å². The van der Waals surface area contributed by atoms with Crippen molar-refractivity contribution in [1.29, 1.82) is 0 Å². The van der Waals surface area contributed by atoms with Crippen molar-refractivity contribution in [2.75, 3.05) is 18.6 Å². The molecule has 0 bridgehead atoms. The average Bonchev–Trinajstić information content (AvgIpc) is 2.53. The average molecular weight is 325 g/mol. The molecule has 22 heavy (non-hydrogen) atoms. The van der Waals surface area contributed by atoms with Crippen LogP contribution in [0.25, 0.3) is 0 Å². The number of nitrogens with zero attached hydrogens (tertiary/aromatic N) is 1. The molecule has 1 rings (SSSR count). The fourth-order valence-corrected chi connectivity index (χ4v) is 2.57. The van der Waals surface area contributed by atoms with Crippen LogP contribution in [-0.4, -0.2) is 46.7 Å². The highest BCUT2D eigenvalue weighted by Crippen LogP contribution is 2.13. The van der Waals surface area contributed by atoms with Gasteiger partial charge in [-0.3, -0.25) is 4.90 Å². The third kappa shape index (κ3) is 5.97. The monoisotopic (exact) mass is 325 g/mol. The molecule has 0 aromatic heterocycles. The van der Waals surface area contributed by atoms with Gasteiger partial charge in [-0.25, -0.2) is 9.59 Å². The van der Waals surface area contributed by atoms with Crippen LogP contribution in [0.1, 0.15) is 25.3 Å². The van der Waals surface area contributed by atoms with Gasteiger partial charge in [0.1, 0.15) is 12.6 Å². The fourth-order valence-electron chi connectivity index (χ4n) is 2.11. The highest BCUT2D eigenvalue weighted by molar-refractivity contribution is 7.98. The van der Waals surface area contributed by atoms with Crippen LogP contribution in [0.3, 0.4) is 0 Å². The number of benzene rings is 1. The van der Waals surface area contributed by atoms with Crippen molar-refractivity contribution in [2.24, 2.45) is 0 Å². The van der Waals surface area contributed by atoms with Crippen LogP contribution in [-0.2, 0) is 16.1 Å². The first-order chi connectivity index (χ1) is 10.6. The maximum atomic E-state index is 12.2. The van der Waals surface area contributed by atoms with E-state index in [-0.39, 0.29) is 6.61 Å². The summed E-state index contributed by atoms with van der Waals surface area (Å²) < 4.78 is 5.24. The highest BCUT2D eigenvalue weighted by Gasteiger charge is 2.29. The molecule has 0 fully saturated rings. The minimum atomic E-state index is -0.986. The van der Waals surface area contributed by atoms with Gasteiger partial charge in [0.05, 0.1) is 0 Å². The number of carboxylic acid groups (broad SMARTS) is 1. The third-order valence-electron chi connectivity index (χ3n) is 3.27. The van der Waals surface area contributed by atoms with E-state index in [0.717, 1.165) is 17.7 Å². The summed E-state index contributed by atoms with van der Waals surface area (Å²) in [4.78, 5) is 24.9. The summed E-state index contributed by atoms with van der Waals surface area (Å²) in [5.74, 6) is -0.111. The lowest BCUT2D eigenvalue weighted by atomic mass is 10.1. The zero-order valence-corrected chi connectivity index (χ0v) is 13.8. The Morgan fingerprint density at radius 2 is 2.00 bits per heavy atom. The van der Waals surface area contributed by atoms with Crippen molar-refractivity contribution in [2.45, 2.75) is 32.4 Å². The molecule has 1 amide bonds. The van der Waals surface area contributed by atoms with Gasteiger partial charge in [-0.1, -0.05) is 30.3 Å². The van der Waals surface area contributed by atoms with Gasteiger partial charge in [0.15, 0.2) is 0 Å². The Hall–Kier alpha value is -1.69. The minimum absolute atomic E-state index is 0.146. The van der Waals surface area contributed by atoms with Crippen LogP contribution < -0.4 is 0 Å². The first kappa shape index (κ1) is 18.4. The van der Waals surface area contributed by atoms with E-state index in [1.165, 1.54) is 4.90 Å². The number of carbonyl (C=O) groups is 2. The predicted molar refractivity (Wildman–Crippen MR) is 88.0 cm³/mol. The Morgan fingerprint density at radius 3 is 2.55 bits per heavy atom. The summed E-state index contributed by atoms with van der Waals surface area (Å²) in [5.41, 5.74) is 0.876. The molecule has 0 aliphatic rings. The molecule has 0 radical (unpaired) electrons. The van der Waals surface area contributed by atoms with Crippen molar-refractivity contribution >= 4 is 23.8 Å². The third-order valence-corrected chi connectivity index (χ3v) is 3.96. The van der Waals surface area contributed by atoms with Crippen molar-refractivity contribution in [3.05, 3.63) is 35.9 Å². The molecule has 5 nitrogen and oxygen atoms in total. The summed E-state index contributed by atoms with van der Waals surface area (Å²) in [5, 5.41) is 9.35. The van der Waals surface area contributed by atoms with Crippen molar-refractivity contribution in [3.8, 4) is 0 Å². The molecular weight excluding hydrogens is 302 g/mol. The zero-order valence-electron chi connectivity index (χ0n) is 13.0. The summed E-state index contributed by atoms with van der Waals surface area (Å²) in [6.07, 6.45) is 2.58. The summed E-state index contributed by atoms with van der Waals surface area (Å²) in [6, 6.07) is 8.50. The highest BCUT2D eigenvalue weighted by atomic mass is 32.2. The second-order valence-electron chi connectivity index (χ2n) is 4.82. The van der Waals surface area contributed by atoms with Crippen LogP contribution >= 0.6 is 11.8 Å². The number of carboxylic acids is 1. The molecule has 6 heteroatoms. The normalized spacial score (nSPS) is 11.7. The van der Waals surface area contributed by atoms with Gasteiger partial charge in [0.2, 0.25) is 0 Å². The molecule has 0 aliphatic carbocycles. The van der Waals surface area contributed by atoms with Crippen LogP contribution in [0.15, 0.2) is 30.3 Å². The van der Waals surface area contributed by atoms with Crippen LogP contribution in [0.2, 0.25) is 0 Å². The van der Waals surface area contributed by atoms with Crippen LogP contribution in [0.4, 0.5) is 4.79 Å². The Kier molecular flexibility index (Phi) is 8.43. The van der Waals surface area contributed by atoms with Crippen LogP contribution in [0.5, 0.6) is 0 Å². The molecule has 1 aromatic carbocycles. The number of aliphatic carboxylic acids is 1. The largest absolute Gasteiger partial charge is 0.480 e. The predicted octanol–water partition coefficient (Wildman–Crippen LogP) is 3.24. The molecule has 0 aliphatic heterocycles. The van der Waals surface area contributed by atoms with Crippen molar-refractivity contribution < 1.29 is 19.4 Å². The Bertz CT molecular complexity index is 466. The Morgan fingerprint density at radius 1 is 1.32 bits per heavy atom. The SMILES string of the molecule is CCN(C(=O)OCc1ccccc1)C(CCCSC)C(=O)O. The second kappa shape index (κ2) is 10.1. The molecule has 1 N–H and O–H groups in total. The van der Waals surface area contributed by atoms with E-state index in [2.05, 4.69) is 0 Å². The van der Waals surface area contributed by atoms with E-state index < -0.39 is 18.1 Å². The quantitative estimate of drug-likeness (QED) is 0.706. The number of rotatable bonds is 9. The molecule has 0 saturated carbocycles. The van der Waals surface area contributed by atoms with Crippen molar-refractivity contribution in [3.63, 3.8) is 0 Å². The van der Waals surface area contributed by atoms with Gasteiger partial charge in [-0.05, 0) is 37.3 Å². The molecular formula is C16H23NO4S. The number of likely N-dealkylation sites (N-methyl/N-ethyl adjacent to an activating group) is 1. The van der Waals surface area contributed by atoms with E-state index in [1.54, 1.807) is 18.7 Å². The summed E-state index contributed by atoms with van der Waals surface area (Å²) >= 11 is 1.66. The smallest absolute Gasteiger partial charge is 0.410 e. The van der Waals surface area contributed by atoms with Gasteiger partial charge in [0.25, 0.3) is 0 Å². The maximum absolute atomic E-state index is 12.2. The first-order valence-electron chi connectivity index (χ1n) is 7.29. The van der Waals surface area contributed by atoms with Gasteiger partial charge < -0.3 is 9.84 Å². The Balaban J connectivity index is 2.61. The maximum Gasteiger partial charge on any atom is 0.410 e. The summed E-state index contributed by atoms with van der Waals surface area (Å²) in [7, 11) is 0. The number of ether oxygens (including phenoxy) is 1. The minimum Gasteiger partial charge on any atom is -0.480 e. The fraction of sp³-hybridized carbons (Fsp3) is 0.500. The first-order valence-corrected chi connectivity index (χ1v) is 8.68. The molecule has 122 valence electrons. The molecule has 0 saturated heterocycles. The topological polar surface area (TPSA) is 66.8 Å². The van der Waals surface area contributed by atoms with E-state index in [4.69, 9.17) is 4.74 Å². The van der Waals surface area contributed by atoms with Crippen molar-refractivity contribution in [1.82, 2.24) is 4.90 Å².